The number of hydrogen-bond donors (Lipinski definition) is 0. The van der Waals surface area contributed by atoms with E-state index in [1.807, 2.05) is 4.90 Å². The molecule has 0 N–H and O–H groups in total. The Balaban J connectivity index is 2.04. The van der Waals surface area contributed by atoms with E-state index < -0.39 is 12.4 Å². The van der Waals surface area contributed by atoms with Gasteiger partial charge >= 0.3 is 12.2 Å². The number of hydrogen-bond acceptors (Lipinski definition) is 4. The van der Waals surface area contributed by atoms with Crippen LogP contribution in [-0.4, -0.2) is 55.0 Å². The van der Waals surface area contributed by atoms with Gasteiger partial charge in [0.2, 0.25) is 0 Å². The first-order valence-electron chi connectivity index (χ1n) is 5.41. The fourth-order valence-electron chi connectivity index (χ4n) is 2.34. The van der Waals surface area contributed by atoms with Crippen LogP contribution in [0, 0.1) is 0 Å². The Labute approximate surface area is 94.1 Å². The number of nitrogens with zero attached hydrogens (tertiary/aromatic N) is 2. The van der Waals surface area contributed by atoms with Gasteiger partial charge in [0.25, 0.3) is 0 Å². The lowest BCUT2D eigenvalue weighted by Crippen LogP contribution is -2.56. The van der Waals surface area contributed by atoms with Gasteiger partial charge in [0.15, 0.2) is 6.23 Å². The van der Waals surface area contributed by atoms with Gasteiger partial charge in [0.1, 0.15) is 0 Å². The Morgan fingerprint density at radius 2 is 2.25 bits per heavy atom. The molecule has 2 rings (SSSR count). The predicted octanol–water partition coefficient (Wildman–Crippen LogP) is 1.02. The number of fused-ring (bicyclic) bond motifs is 1. The van der Waals surface area contributed by atoms with Gasteiger partial charge in [-0.05, 0) is 12.8 Å². The van der Waals surface area contributed by atoms with Gasteiger partial charge in [-0.2, -0.15) is 0 Å². The van der Waals surface area contributed by atoms with Crippen molar-refractivity contribution in [3.63, 3.8) is 0 Å². The molecule has 0 aliphatic carbocycles. The van der Waals surface area contributed by atoms with E-state index in [1.54, 1.807) is 7.05 Å². The van der Waals surface area contributed by atoms with Gasteiger partial charge in [-0.3, -0.25) is 4.90 Å². The number of urea groups is 1. The maximum Gasteiger partial charge on any atom is 0.509 e. The minimum absolute atomic E-state index is 0.0670. The summed E-state index contributed by atoms with van der Waals surface area (Å²) in [6.45, 7) is 0.804. The maximum absolute atomic E-state index is 11.9. The molecular weight excluding hydrogens is 212 g/mol. The minimum atomic E-state index is -0.740. The Kier molecular flexibility index (Phi) is 2.89. The second-order valence-electron chi connectivity index (χ2n) is 4.15. The van der Waals surface area contributed by atoms with Gasteiger partial charge < -0.3 is 14.4 Å². The van der Waals surface area contributed by atoms with Crippen molar-refractivity contribution in [2.24, 2.45) is 0 Å². The van der Waals surface area contributed by atoms with Crippen LogP contribution in [0.5, 0.6) is 0 Å². The van der Waals surface area contributed by atoms with Gasteiger partial charge in [0.05, 0.1) is 7.11 Å². The van der Waals surface area contributed by atoms with E-state index >= 15 is 0 Å². The second kappa shape index (κ2) is 4.19. The molecule has 2 aliphatic rings. The van der Waals surface area contributed by atoms with Crippen molar-refractivity contribution >= 4 is 12.2 Å². The normalized spacial score (nSPS) is 29.0. The summed E-state index contributed by atoms with van der Waals surface area (Å²) in [7, 11) is 2.90. The molecule has 0 saturated carbocycles. The molecule has 6 nitrogen and oxygen atoms in total. The topological polar surface area (TPSA) is 59.1 Å². The summed E-state index contributed by atoms with van der Waals surface area (Å²) in [5.74, 6) is 0. The molecule has 2 saturated heterocycles. The average Bonchev–Trinajstić information content (AvgIpc) is 2.73. The Bertz CT molecular complexity index is 307. The maximum atomic E-state index is 11.9. The first-order chi connectivity index (χ1) is 7.63. The third-order valence-corrected chi connectivity index (χ3v) is 3.23. The Hall–Kier alpha value is -1.46. The van der Waals surface area contributed by atoms with E-state index in [9.17, 15) is 9.59 Å². The molecule has 6 heteroatoms. The molecule has 0 spiro atoms. The monoisotopic (exact) mass is 228 g/mol. The lowest BCUT2D eigenvalue weighted by molar-refractivity contribution is -0.0499. The Morgan fingerprint density at radius 1 is 1.50 bits per heavy atom. The SMILES string of the molecule is COC(=O)OC1CC2CCCN2C(=O)N1C. The van der Waals surface area contributed by atoms with Crippen LogP contribution in [0.25, 0.3) is 0 Å². The number of ether oxygens (including phenoxy) is 2. The third kappa shape index (κ3) is 1.79. The van der Waals surface area contributed by atoms with E-state index in [4.69, 9.17) is 4.74 Å². The lowest BCUT2D eigenvalue weighted by Gasteiger charge is -2.40. The highest BCUT2D eigenvalue weighted by Crippen LogP contribution is 2.29. The largest absolute Gasteiger partial charge is 0.509 e. The van der Waals surface area contributed by atoms with Crippen LogP contribution in [0.15, 0.2) is 0 Å². The molecule has 0 bridgehead atoms. The highest BCUT2D eigenvalue weighted by Gasteiger charge is 2.41. The van der Waals surface area contributed by atoms with Gasteiger partial charge in [-0.15, -0.1) is 0 Å². The molecule has 90 valence electrons. The number of rotatable bonds is 1. The second-order valence-corrected chi connectivity index (χ2v) is 4.15. The summed E-state index contributed by atoms with van der Waals surface area (Å²) in [6.07, 6.45) is 1.43. The molecule has 2 unspecified atom stereocenters. The molecule has 16 heavy (non-hydrogen) atoms. The first-order valence-corrected chi connectivity index (χ1v) is 5.41. The molecule has 0 aromatic heterocycles. The number of amides is 2. The third-order valence-electron chi connectivity index (χ3n) is 3.23. The van der Waals surface area contributed by atoms with Crippen LogP contribution >= 0.6 is 0 Å². The van der Waals surface area contributed by atoms with Gasteiger partial charge in [-0.1, -0.05) is 0 Å². The fraction of sp³-hybridized carbons (Fsp3) is 0.800. The highest BCUT2D eigenvalue weighted by atomic mass is 16.7. The molecule has 0 aromatic rings. The van der Waals surface area contributed by atoms with Gasteiger partial charge in [0, 0.05) is 26.1 Å². The van der Waals surface area contributed by atoms with Crippen molar-refractivity contribution in [2.75, 3.05) is 20.7 Å². The average molecular weight is 228 g/mol. The molecule has 2 atom stereocenters. The lowest BCUT2D eigenvalue weighted by atomic mass is 10.1. The zero-order chi connectivity index (χ0) is 11.7. The minimum Gasteiger partial charge on any atom is -0.438 e. The zero-order valence-corrected chi connectivity index (χ0v) is 9.51. The van der Waals surface area contributed by atoms with Crippen LogP contribution in [-0.2, 0) is 9.47 Å². The van der Waals surface area contributed by atoms with E-state index in [2.05, 4.69) is 4.74 Å². The van der Waals surface area contributed by atoms with E-state index in [0.717, 1.165) is 19.4 Å². The molecule has 2 heterocycles. The van der Waals surface area contributed by atoms with Crippen molar-refractivity contribution < 1.29 is 19.1 Å². The summed E-state index contributed by atoms with van der Waals surface area (Å²) in [5, 5.41) is 0. The molecule has 2 amide bonds. The van der Waals surface area contributed by atoms with Crippen molar-refractivity contribution in [2.45, 2.75) is 31.5 Å². The van der Waals surface area contributed by atoms with Crippen LogP contribution in [0.2, 0.25) is 0 Å². The quantitative estimate of drug-likeness (QED) is 0.628. The summed E-state index contributed by atoms with van der Waals surface area (Å²) < 4.78 is 9.48. The van der Waals surface area contributed by atoms with Crippen molar-refractivity contribution in [1.29, 1.82) is 0 Å². The highest BCUT2D eigenvalue weighted by molar-refractivity contribution is 5.76. The molecule has 0 aromatic carbocycles. The summed E-state index contributed by atoms with van der Waals surface area (Å²) in [6, 6.07) is 0.140. The standard InChI is InChI=1S/C10H16N2O4/c1-11-8(16-10(14)15-2)6-7-4-3-5-12(7)9(11)13/h7-8H,3-6H2,1-2H3. The predicted molar refractivity (Wildman–Crippen MR) is 54.8 cm³/mol. The first kappa shape index (κ1) is 11.0. The molecule has 2 aliphatic heterocycles. The fourth-order valence-corrected chi connectivity index (χ4v) is 2.34. The Morgan fingerprint density at radius 3 is 2.94 bits per heavy atom. The number of methoxy groups -OCH3 is 1. The van der Waals surface area contributed by atoms with Crippen LogP contribution in [0.4, 0.5) is 9.59 Å². The summed E-state index contributed by atoms with van der Waals surface area (Å²) in [5.41, 5.74) is 0. The van der Waals surface area contributed by atoms with E-state index in [-0.39, 0.29) is 12.1 Å². The summed E-state index contributed by atoms with van der Waals surface area (Å²) >= 11 is 0. The van der Waals surface area contributed by atoms with E-state index in [1.165, 1.54) is 12.0 Å². The number of carbonyl (C=O) groups excluding carboxylic acids is 2. The molecule has 0 radical (unpaired) electrons. The van der Waals surface area contributed by atoms with E-state index in [0.29, 0.717) is 6.42 Å². The van der Waals surface area contributed by atoms with Crippen LogP contribution in [0.3, 0.4) is 0 Å². The molecule has 2 fully saturated rings. The van der Waals surface area contributed by atoms with Crippen LogP contribution < -0.4 is 0 Å². The number of carbonyl (C=O) groups is 2. The summed E-state index contributed by atoms with van der Waals surface area (Å²) in [4.78, 5) is 26.2. The van der Waals surface area contributed by atoms with Crippen molar-refractivity contribution in [1.82, 2.24) is 9.80 Å². The van der Waals surface area contributed by atoms with Crippen molar-refractivity contribution in [3.05, 3.63) is 0 Å². The molecular formula is C10H16N2O4. The smallest absolute Gasteiger partial charge is 0.438 e. The van der Waals surface area contributed by atoms with Crippen LogP contribution in [0.1, 0.15) is 19.3 Å². The zero-order valence-electron chi connectivity index (χ0n) is 9.51. The van der Waals surface area contributed by atoms with Gasteiger partial charge in [-0.25, -0.2) is 9.59 Å². The van der Waals surface area contributed by atoms with Crippen molar-refractivity contribution in [3.8, 4) is 0 Å².